The first-order chi connectivity index (χ1) is 17.6. The number of hydrogen-bond acceptors (Lipinski definition) is 4. The Bertz CT molecular complexity index is 1510. The van der Waals surface area contributed by atoms with Crippen molar-refractivity contribution in [3.05, 3.63) is 94.1 Å². The predicted molar refractivity (Wildman–Crippen MR) is 144 cm³/mol. The lowest BCUT2D eigenvalue weighted by Crippen LogP contribution is -2.31. The Hall–Kier alpha value is -3.54. The van der Waals surface area contributed by atoms with Gasteiger partial charge in [0.2, 0.25) is 5.91 Å². The van der Waals surface area contributed by atoms with Gasteiger partial charge in [-0.15, -0.1) is 0 Å². The lowest BCUT2D eigenvalue weighted by Gasteiger charge is -2.28. The minimum atomic E-state index is -0.104. The molecule has 180 valence electrons. The number of aromatic nitrogens is 1. The van der Waals surface area contributed by atoms with E-state index >= 15 is 0 Å². The summed E-state index contributed by atoms with van der Waals surface area (Å²) in [7, 11) is 0. The third-order valence-corrected chi connectivity index (χ3v) is 7.59. The van der Waals surface area contributed by atoms with Gasteiger partial charge in [0, 0.05) is 47.8 Å². The fourth-order valence-corrected chi connectivity index (χ4v) is 5.66. The molecule has 3 aromatic carbocycles. The third-order valence-electron chi connectivity index (χ3n) is 7.27. The number of nitrogens with zero attached hydrogens (tertiary/aromatic N) is 2. The summed E-state index contributed by atoms with van der Waals surface area (Å²) < 4.78 is 0. The quantitative estimate of drug-likeness (QED) is 0.282. The van der Waals surface area contributed by atoms with Gasteiger partial charge in [-0.1, -0.05) is 54.1 Å². The Morgan fingerprint density at radius 2 is 1.83 bits per heavy atom. The fourth-order valence-electron chi connectivity index (χ4n) is 5.46. The largest absolute Gasteiger partial charge is 0.324 e. The molecule has 2 aliphatic rings. The van der Waals surface area contributed by atoms with Crippen LogP contribution in [0.25, 0.3) is 22.0 Å². The van der Waals surface area contributed by atoms with Crippen molar-refractivity contribution in [2.24, 2.45) is 0 Å². The molecule has 0 unspecified atom stereocenters. The average Bonchev–Trinajstić information content (AvgIpc) is 2.90. The number of benzene rings is 3. The summed E-state index contributed by atoms with van der Waals surface area (Å²) in [5.41, 5.74) is 5.75. The highest BCUT2D eigenvalue weighted by Crippen LogP contribution is 2.44. The topological polar surface area (TPSA) is 62.3 Å². The Morgan fingerprint density at radius 1 is 0.972 bits per heavy atom. The second kappa shape index (κ2) is 9.49. The summed E-state index contributed by atoms with van der Waals surface area (Å²) >= 11 is 6.56. The molecule has 0 atom stereocenters. The first kappa shape index (κ1) is 22.9. The Balaban J connectivity index is 1.16. The van der Waals surface area contributed by atoms with Crippen LogP contribution < -0.4 is 5.32 Å². The molecule has 6 heteroatoms. The lowest BCUT2D eigenvalue weighted by molar-refractivity contribution is -0.116. The van der Waals surface area contributed by atoms with E-state index in [-0.39, 0.29) is 11.7 Å². The van der Waals surface area contributed by atoms with E-state index in [0.717, 1.165) is 49.7 Å². The number of carbonyl (C=O) groups excluding carboxylic acids is 2. The summed E-state index contributed by atoms with van der Waals surface area (Å²) in [6.45, 7) is 3.01. The number of hydrogen-bond donors (Lipinski definition) is 1. The van der Waals surface area contributed by atoms with Crippen LogP contribution in [0.2, 0.25) is 5.02 Å². The number of nitrogens with one attached hydrogen (secondary N) is 1. The molecule has 1 N–H and O–H groups in total. The van der Waals surface area contributed by atoms with Crippen molar-refractivity contribution >= 4 is 39.8 Å². The molecule has 1 amide bonds. The molecule has 0 saturated carbocycles. The smallest absolute Gasteiger partial charge is 0.224 e. The van der Waals surface area contributed by atoms with E-state index in [1.807, 2.05) is 24.3 Å². The number of unbranched alkanes of at least 4 members (excludes halogenated alkanes) is 1. The van der Waals surface area contributed by atoms with Crippen molar-refractivity contribution < 1.29 is 9.59 Å². The molecule has 1 aliphatic carbocycles. The monoisotopic (exact) mass is 495 g/mol. The van der Waals surface area contributed by atoms with Crippen LogP contribution >= 0.6 is 11.6 Å². The van der Waals surface area contributed by atoms with Gasteiger partial charge in [-0.2, -0.15) is 0 Å². The van der Waals surface area contributed by atoms with Gasteiger partial charge < -0.3 is 5.32 Å². The van der Waals surface area contributed by atoms with Crippen molar-refractivity contribution in [1.29, 1.82) is 0 Å². The number of amides is 1. The minimum absolute atomic E-state index is 0.0774. The standard InChI is InChI=1S/C30H26ClN3O2/c31-24-12-11-23-27(29-26-20(13-15-32-29)8-5-9-22(26)30(23)36)28(24)33-25(35)10-3-4-16-34-17-14-19-6-1-2-7-21(19)18-34/h1-2,5-9,11-13,15H,3-4,10,14,16-18H2,(H,33,35). The van der Waals surface area contributed by atoms with Crippen LogP contribution in [0.15, 0.2) is 66.9 Å². The van der Waals surface area contributed by atoms with E-state index in [1.165, 1.54) is 11.1 Å². The van der Waals surface area contributed by atoms with Crippen molar-refractivity contribution in [3.63, 3.8) is 0 Å². The number of rotatable bonds is 6. The molecule has 6 rings (SSSR count). The number of halogens is 1. The van der Waals surface area contributed by atoms with Gasteiger partial charge >= 0.3 is 0 Å². The highest BCUT2D eigenvalue weighted by molar-refractivity contribution is 6.36. The van der Waals surface area contributed by atoms with E-state index in [4.69, 9.17) is 11.6 Å². The van der Waals surface area contributed by atoms with E-state index in [9.17, 15) is 9.59 Å². The SMILES string of the molecule is O=C(CCCCN1CCc2ccccc2C1)Nc1c(Cl)ccc2c1-c1nccc3cccc(c13)C2=O. The third kappa shape index (κ3) is 4.08. The molecular weight excluding hydrogens is 470 g/mol. The molecule has 0 spiro atoms. The molecule has 0 fully saturated rings. The average molecular weight is 496 g/mol. The number of carbonyl (C=O) groups is 2. The van der Waals surface area contributed by atoms with Gasteiger partial charge in [-0.05, 0) is 60.5 Å². The van der Waals surface area contributed by atoms with Crippen molar-refractivity contribution in [1.82, 2.24) is 9.88 Å². The zero-order valence-corrected chi connectivity index (χ0v) is 20.6. The first-order valence-corrected chi connectivity index (χ1v) is 12.8. The normalized spacial score (nSPS) is 14.4. The number of fused-ring (bicyclic) bond motifs is 3. The van der Waals surface area contributed by atoms with Crippen molar-refractivity contribution in [2.75, 3.05) is 18.4 Å². The zero-order valence-electron chi connectivity index (χ0n) is 19.9. The highest BCUT2D eigenvalue weighted by Gasteiger charge is 2.29. The molecule has 0 radical (unpaired) electrons. The number of ketones is 1. The summed E-state index contributed by atoms with van der Waals surface area (Å²) in [6.07, 6.45) is 4.94. The Labute approximate surface area is 215 Å². The Morgan fingerprint density at radius 3 is 2.72 bits per heavy atom. The zero-order chi connectivity index (χ0) is 24.6. The van der Waals surface area contributed by atoms with Crippen LogP contribution in [0.4, 0.5) is 5.69 Å². The van der Waals surface area contributed by atoms with Gasteiger partial charge in [-0.3, -0.25) is 19.5 Å². The Kier molecular flexibility index (Phi) is 6.04. The molecule has 0 saturated heterocycles. The van der Waals surface area contributed by atoms with Crippen LogP contribution in [0.3, 0.4) is 0 Å². The molecule has 36 heavy (non-hydrogen) atoms. The van der Waals surface area contributed by atoms with Crippen LogP contribution in [0, 0.1) is 0 Å². The maximum absolute atomic E-state index is 13.3. The second-order valence-electron chi connectivity index (χ2n) is 9.54. The maximum atomic E-state index is 13.3. The van der Waals surface area contributed by atoms with Crippen LogP contribution in [0.1, 0.15) is 46.3 Å². The minimum Gasteiger partial charge on any atom is -0.324 e. The summed E-state index contributed by atoms with van der Waals surface area (Å²) in [6, 6.07) is 19.6. The highest BCUT2D eigenvalue weighted by atomic mass is 35.5. The summed E-state index contributed by atoms with van der Waals surface area (Å²) in [5, 5.41) is 5.15. The van der Waals surface area contributed by atoms with E-state index in [2.05, 4.69) is 39.5 Å². The van der Waals surface area contributed by atoms with Crippen molar-refractivity contribution in [2.45, 2.75) is 32.2 Å². The van der Waals surface area contributed by atoms with Gasteiger partial charge in [0.15, 0.2) is 5.78 Å². The number of pyridine rings is 1. The predicted octanol–water partition coefficient (Wildman–Crippen LogP) is 6.27. The summed E-state index contributed by atoms with van der Waals surface area (Å²) in [5.74, 6) is -0.181. The fraction of sp³-hybridized carbons (Fsp3) is 0.233. The molecule has 1 aliphatic heterocycles. The molecule has 4 aromatic rings. The van der Waals surface area contributed by atoms with Crippen LogP contribution in [-0.4, -0.2) is 34.7 Å². The van der Waals surface area contributed by atoms with E-state index in [0.29, 0.717) is 39.5 Å². The van der Waals surface area contributed by atoms with E-state index in [1.54, 1.807) is 18.3 Å². The molecule has 1 aromatic heterocycles. The second-order valence-corrected chi connectivity index (χ2v) is 9.94. The van der Waals surface area contributed by atoms with Crippen LogP contribution in [0.5, 0.6) is 0 Å². The number of anilines is 1. The first-order valence-electron chi connectivity index (χ1n) is 12.4. The molecular formula is C30H26ClN3O2. The lowest BCUT2D eigenvalue weighted by atomic mass is 9.85. The summed E-state index contributed by atoms with van der Waals surface area (Å²) in [4.78, 5) is 33.3. The van der Waals surface area contributed by atoms with Crippen LogP contribution in [-0.2, 0) is 17.8 Å². The molecule has 2 heterocycles. The van der Waals surface area contributed by atoms with Gasteiger partial charge in [0.25, 0.3) is 0 Å². The molecule has 0 bridgehead atoms. The molecule has 5 nitrogen and oxygen atoms in total. The van der Waals surface area contributed by atoms with E-state index < -0.39 is 0 Å². The van der Waals surface area contributed by atoms with Gasteiger partial charge in [0.05, 0.1) is 16.4 Å². The maximum Gasteiger partial charge on any atom is 0.224 e. The van der Waals surface area contributed by atoms with Gasteiger partial charge in [0.1, 0.15) is 0 Å². The van der Waals surface area contributed by atoms with Crippen molar-refractivity contribution in [3.8, 4) is 11.3 Å². The van der Waals surface area contributed by atoms with Gasteiger partial charge in [-0.25, -0.2) is 0 Å².